The van der Waals surface area contributed by atoms with E-state index in [1.54, 1.807) is 0 Å². The van der Waals surface area contributed by atoms with Crippen molar-refractivity contribution >= 4 is 54.8 Å². The fraction of sp³-hybridized carbons (Fsp3) is 0.389. The number of hydrogen-bond acceptors (Lipinski definition) is 8. The van der Waals surface area contributed by atoms with Gasteiger partial charge in [0.25, 0.3) is 0 Å². The van der Waals surface area contributed by atoms with Crippen LogP contribution < -0.4 is 5.73 Å². The van der Waals surface area contributed by atoms with E-state index in [1.807, 2.05) is 35.9 Å². The molecule has 3 aromatic rings. The van der Waals surface area contributed by atoms with Crippen LogP contribution in [0.2, 0.25) is 0 Å². The van der Waals surface area contributed by atoms with Gasteiger partial charge in [-0.2, -0.15) is 0 Å². The Morgan fingerprint density at radius 1 is 1.39 bits per heavy atom. The van der Waals surface area contributed by atoms with Crippen LogP contribution in [0.3, 0.4) is 0 Å². The first kappa shape index (κ1) is 19.4. The Bertz CT molecular complexity index is 1180. The van der Waals surface area contributed by atoms with Crippen molar-refractivity contribution < 1.29 is 13.2 Å². The van der Waals surface area contributed by atoms with Crippen molar-refractivity contribution in [3.05, 3.63) is 34.5 Å². The van der Waals surface area contributed by atoms with Crippen LogP contribution in [0, 0.1) is 13.8 Å². The minimum atomic E-state index is -2.99. The maximum atomic E-state index is 12.8. The van der Waals surface area contributed by atoms with E-state index in [0.717, 1.165) is 21.6 Å². The molecule has 1 aliphatic rings. The molecule has 3 aromatic heterocycles. The normalized spacial score (nSPS) is 18.7. The summed E-state index contributed by atoms with van der Waals surface area (Å²) in [5, 5.41) is 3.22. The topological polar surface area (TPSA) is 108 Å². The number of Topliss-reactive ketones (excluding diaryl/α,β-unsaturated/α-hetero) is 1. The average Bonchev–Trinajstić information content (AvgIpc) is 3.30. The summed E-state index contributed by atoms with van der Waals surface area (Å²) < 4.78 is 25.7. The lowest BCUT2D eigenvalue weighted by Crippen LogP contribution is -2.14. The molecule has 0 aromatic carbocycles. The van der Waals surface area contributed by atoms with Gasteiger partial charge in [0.2, 0.25) is 0 Å². The van der Waals surface area contributed by atoms with Crippen LogP contribution in [-0.4, -0.2) is 46.0 Å². The number of rotatable bonds is 5. The molecule has 2 N–H and O–H groups in total. The van der Waals surface area contributed by atoms with Crippen molar-refractivity contribution in [1.82, 2.24) is 14.5 Å². The lowest BCUT2D eigenvalue weighted by Gasteiger charge is -2.16. The molecule has 10 heteroatoms. The first-order chi connectivity index (χ1) is 13.2. The second kappa shape index (κ2) is 7.16. The fourth-order valence-corrected chi connectivity index (χ4v) is 6.99. The number of nitrogen functional groups attached to an aromatic ring is 1. The van der Waals surface area contributed by atoms with Gasteiger partial charge in [-0.15, -0.1) is 11.3 Å². The smallest absolute Gasteiger partial charge is 0.191 e. The Kier molecular flexibility index (Phi) is 4.96. The van der Waals surface area contributed by atoms with E-state index in [9.17, 15) is 13.2 Å². The van der Waals surface area contributed by atoms with E-state index in [-0.39, 0.29) is 29.1 Å². The van der Waals surface area contributed by atoms with Crippen LogP contribution in [0.5, 0.6) is 0 Å². The average molecular weight is 437 g/mol. The zero-order valence-electron chi connectivity index (χ0n) is 15.5. The van der Waals surface area contributed by atoms with Gasteiger partial charge in [-0.25, -0.2) is 18.4 Å². The van der Waals surface area contributed by atoms with Crippen molar-refractivity contribution in [3.63, 3.8) is 0 Å². The molecule has 0 radical (unpaired) electrons. The number of carbonyl (C=O) groups excluding carboxylic acids is 1. The molecule has 7 nitrogen and oxygen atoms in total. The Balaban J connectivity index is 1.53. The van der Waals surface area contributed by atoms with Crippen molar-refractivity contribution in [2.45, 2.75) is 31.5 Å². The number of nitrogens with zero attached hydrogens (tertiary/aromatic N) is 3. The van der Waals surface area contributed by atoms with Crippen molar-refractivity contribution in [1.29, 1.82) is 0 Å². The number of thioether (sulfide) groups is 1. The molecule has 0 saturated carbocycles. The quantitative estimate of drug-likeness (QED) is 0.372. The number of aromatic nitrogens is 3. The highest BCUT2D eigenvalue weighted by Crippen LogP contribution is 2.30. The van der Waals surface area contributed by atoms with E-state index in [0.29, 0.717) is 23.0 Å². The number of hydrogen-bond donors (Lipinski definition) is 1. The molecule has 28 heavy (non-hydrogen) atoms. The lowest BCUT2D eigenvalue weighted by molar-refractivity contribution is 0.102. The number of sulfone groups is 1. The predicted octanol–water partition coefficient (Wildman–Crippen LogP) is 3.03. The standard InChI is InChI=1S/C18H20N4O3S3/c1-10-7-14(11(2)22(10)12-4-6-28(24,25)9-12)15(23)8-27-18-20-16(19)13-3-5-26-17(13)21-18/h3,5,7,12H,4,6,8-9H2,1-2H3,(H2,19,20,21)/t12-/m1/s1. The van der Waals surface area contributed by atoms with Crippen LogP contribution in [-0.2, 0) is 9.84 Å². The molecule has 0 unspecified atom stereocenters. The zero-order chi connectivity index (χ0) is 20.1. The molecule has 1 saturated heterocycles. The van der Waals surface area contributed by atoms with Gasteiger partial charge < -0.3 is 10.3 Å². The number of nitrogens with two attached hydrogens (primary N) is 1. The number of fused-ring (bicyclic) bond motifs is 1. The Labute approximate surface area is 171 Å². The number of ketones is 1. The van der Waals surface area contributed by atoms with Gasteiger partial charge in [-0.3, -0.25) is 4.79 Å². The highest BCUT2D eigenvalue weighted by molar-refractivity contribution is 7.99. The Hall–Kier alpha value is -1.91. The number of anilines is 1. The van der Waals surface area contributed by atoms with Gasteiger partial charge in [0.1, 0.15) is 10.6 Å². The van der Waals surface area contributed by atoms with Crippen LogP contribution in [0.4, 0.5) is 5.82 Å². The highest BCUT2D eigenvalue weighted by Gasteiger charge is 2.31. The van der Waals surface area contributed by atoms with Crippen LogP contribution >= 0.6 is 23.1 Å². The summed E-state index contributed by atoms with van der Waals surface area (Å²) in [6.07, 6.45) is 0.592. The second-order valence-electron chi connectivity index (χ2n) is 6.95. The summed E-state index contributed by atoms with van der Waals surface area (Å²) in [5.74, 6) is 0.932. The van der Waals surface area contributed by atoms with E-state index >= 15 is 0 Å². The third kappa shape index (κ3) is 3.56. The molecule has 0 spiro atoms. The van der Waals surface area contributed by atoms with Crippen LogP contribution in [0.1, 0.15) is 34.2 Å². The minimum absolute atomic E-state index is 0.0290. The van der Waals surface area contributed by atoms with Crippen molar-refractivity contribution in [2.75, 3.05) is 23.0 Å². The molecule has 4 rings (SSSR count). The molecule has 0 aliphatic carbocycles. The minimum Gasteiger partial charge on any atom is -0.383 e. The second-order valence-corrected chi connectivity index (χ2v) is 11.0. The SMILES string of the molecule is Cc1cc(C(=O)CSc2nc(N)c3ccsc3n2)c(C)n1[C@@H]1CCS(=O)(=O)C1. The largest absolute Gasteiger partial charge is 0.383 e. The first-order valence-electron chi connectivity index (χ1n) is 8.81. The maximum Gasteiger partial charge on any atom is 0.191 e. The third-order valence-electron chi connectivity index (χ3n) is 5.02. The van der Waals surface area contributed by atoms with Crippen LogP contribution in [0.15, 0.2) is 22.7 Å². The molecule has 0 bridgehead atoms. The van der Waals surface area contributed by atoms with Crippen molar-refractivity contribution in [3.8, 4) is 0 Å². The number of carbonyl (C=O) groups is 1. The molecule has 1 fully saturated rings. The molecule has 0 amide bonds. The molecule has 148 valence electrons. The fourth-order valence-electron chi connectivity index (χ4n) is 3.73. The summed E-state index contributed by atoms with van der Waals surface area (Å²) in [5.41, 5.74) is 8.32. The van der Waals surface area contributed by atoms with Gasteiger partial charge in [0, 0.05) is 23.0 Å². The molecule has 1 aliphatic heterocycles. The Morgan fingerprint density at radius 3 is 2.89 bits per heavy atom. The highest BCUT2D eigenvalue weighted by atomic mass is 32.2. The molecular formula is C18H20N4O3S3. The zero-order valence-corrected chi connectivity index (χ0v) is 18.0. The molecule has 1 atom stereocenters. The third-order valence-corrected chi connectivity index (χ3v) is 8.43. The molecular weight excluding hydrogens is 416 g/mol. The van der Waals surface area contributed by atoms with Crippen LogP contribution in [0.25, 0.3) is 10.2 Å². The van der Waals surface area contributed by atoms with Gasteiger partial charge in [-0.1, -0.05) is 11.8 Å². The Morgan fingerprint density at radius 2 is 2.18 bits per heavy atom. The first-order valence-corrected chi connectivity index (χ1v) is 12.5. The lowest BCUT2D eigenvalue weighted by atomic mass is 10.2. The summed E-state index contributed by atoms with van der Waals surface area (Å²) in [6, 6.07) is 3.64. The van der Waals surface area contributed by atoms with Gasteiger partial charge >= 0.3 is 0 Å². The van der Waals surface area contributed by atoms with Crippen molar-refractivity contribution in [2.24, 2.45) is 0 Å². The van der Waals surface area contributed by atoms with E-state index in [1.165, 1.54) is 23.1 Å². The van der Waals surface area contributed by atoms with E-state index < -0.39 is 9.84 Å². The monoisotopic (exact) mass is 436 g/mol. The van der Waals surface area contributed by atoms with Gasteiger partial charge in [0.15, 0.2) is 20.8 Å². The predicted molar refractivity (Wildman–Crippen MR) is 113 cm³/mol. The van der Waals surface area contributed by atoms with Gasteiger partial charge in [-0.05, 0) is 37.8 Å². The van der Waals surface area contributed by atoms with E-state index in [2.05, 4.69) is 9.97 Å². The summed E-state index contributed by atoms with van der Waals surface area (Å²) in [4.78, 5) is 22.3. The van der Waals surface area contributed by atoms with Gasteiger partial charge in [0.05, 0.1) is 22.6 Å². The number of thiophene rings is 1. The van der Waals surface area contributed by atoms with E-state index in [4.69, 9.17) is 5.73 Å². The summed E-state index contributed by atoms with van der Waals surface area (Å²) in [7, 11) is -2.99. The summed E-state index contributed by atoms with van der Waals surface area (Å²) in [6.45, 7) is 3.79. The maximum absolute atomic E-state index is 12.8. The number of aryl methyl sites for hydroxylation is 1. The molecule has 4 heterocycles. The summed E-state index contributed by atoms with van der Waals surface area (Å²) >= 11 is 2.75.